The second-order valence-corrected chi connectivity index (χ2v) is 7.43. The standard InChI is InChI=1S/C21H11F7O2S/c1-2-29-15-6-4-11-10-3-5-12(16(24)19(10)31-20(11)18(15)26)21(27,28)30-9-7-13(22)17(25)14(23)8-9/h3-8H,2H2,1H3. The van der Waals surface area contributed by atoms with Crippen LogP contribution in [0, 0.1) is 29.1 Å². The highest BCUT2D eigenvalue weighted by atomic mass is 32.1. The molecule has 0 unspecified atom stereocenters. The summed E-state index contributed by atoms with van der Waals surface area (Å²) >= 11 is 0.610. The van der Waals surface area contributed by atoms with Gasteiger partial charge in [0, 0.05) is 22.9 Å². The van der Waals surface area contributed by atoms with Crippen LogP contribution in [0.4, 0.5) is 30.7 Å². The topological polar surface area (TPSA) is 18.5 Å². The van der Waals surface area contributed by atoms with Gasteiger partial charge in [0.25, 0.3) is 0 Å². The quantitative estimate of drug-likeness (QED) is 0.230. The lowest BCUT2D eigenvalue weighted by Gasteiger charge is -2.19. The minimum absolute atomic E-state index is 0.0175. The highest BCUT2D eigenvalue weighted by molar-refractivity contribution is 7.25. The molecular formula is C21H11F7O2S. The molecule has 0 N–H and O–H groups in total. The Labute approximate surface area is 174 Å². The van der Waals surface area contributed by atoms with Gasteiger partial charge < -0.3 is 9.47 Å². The molecule has 0 aliphatic carbocycles. The van der Waals surface area contributed by atoms with Crippen molar-refractivity contribution >= 4 is 31.5 Å². The predicted octanol–water partition coefficient (Wildman–Crippen LogP) is 7.28. The zero-order valence-corrected chi connectivity index (χ0v) is 16.4. The van der Waals surface area contributed by atoms with Gasteiger partial charge in [-0.1, -0.05) is 6.07 Å². The Balaban J connectivity index is 1.81. The number of thiophene rings is 1. The van der Waals surface area contributed by atoms with Crippen LogP contribution >= 0.6 is 11.3 Å². The van der Waals surface area contributed by atoms with E-state index in [9.17, 15) is 30.7 Å². The van der Waals surface area contributed by atoms with Gasteiger partial charge in [0.1, 0.15) is 11.3 Å². The van der Waals surface area contributed by atoms with Crippen molar-refractivity contribution in [3.63, 3.8) is 0 Å². The maximum Gasteiger partial charge on any atom is 0.429 e. The van der Waals surface area contributed by atoms with E-state index < -0.39 is 46.5 Å². The molecule has 3 aromatic carbocycles. The molecule has 0 spiro atoms. The van der Waals surface area contributed by atoms with Gasteiger partial charge in [-0.2, -0.15) is 8.78 Å². The van der Waals surface area contributed by atoms with Gasteiger partial charge >= 0.3 is 6.11 Å². The summed E-state index contributed by atoms with van der Waals surface area (Å²) in [6.07, 6.45) is -4.36. The third-order valence-electron chi connectivity index (χ3n) is 4.47. The van der Waals surface area contributed by atoms with Crippen LogP contribution in [0.25, 0.3) is 20.2 Å². The van der Waals surface area contributed by atoms with Crippen LogP contribution < -0.4 is 9.47 Å². The van der Waals surface area contributed by atoms with E-state index in [0.29, 0.717) is 16.7 Å². The summed E-state index contributed by atoms with van der Waals surface area (Å²) in [6, 6.07) is 5.16. The number of alkyl halides is 2. The van der Waals surface area contributed by atoms with Gasteiger partial charge in [0.05, 0.1) is 16.0 Å². The molecule has 10 heteroatoms. The summed E-state index contributed by atoms with van der Waals surface area (Å²) in [6.45, 7) is 1.85. The van der Waals surface area contributed by atoms with Crippen LogP contribution in [0.1, 0.15) is 12.5 Å². The minimum Gasteiger partial charge on any atom is -0.491 e. The molecule has 0 aliphatic rings. The average molecular weight is 460 g/mol. The Morgan fingerprint density at radius 1 is 0.806 bits per heavy atom. The summed E-state index contributed by atoms with van der Waals surface area (Å²) in [5, 5.41) is 0.496. The molecule has 0 fully saturated rings. The third kappa shape index (κ3) is 3.54. The molecule has 2 nitrogen and oxygen atoms in total. The number of fused-ring (bicyclic) bond motifs is 3. The van der Waals surface area contributed by atoms with E-state index in [-0.39, 0.29) is 39.3 Å². The molecule has 0 saturated heterocycles. The minimum atomic E-state index is -4.36. The van der Waals surface area contributed by atoms with Crippen molar-refractivity contribution in [3.8, 4) is 11.5 Å². The lowest BCUT2D eigenvalue weighted by Crippen LogP contribution is -2.23. The SMILES string of the molecule is CCOc1ccc2c(sc3c(F)c(C(F)(F)Oc4cc(F)c(F)c(F)c4)ccc32)c1F. The zero-order chi connectivity index (χ0) is 22.5. The van der Waals surface area contributed by atoms with E-state index in [4.69, 9.17) is 4.74 Å². The molecule has 0 amide bonds. The maximum atomic E-state index is 15.0. The largest absolute Gasteiger partial charge is 0.491 e. The van der Waals surface area contributed by atoms with Gasteiger partial charge in [0.15, 0.2) is 34.8 Å². The first-order valence-corrected chi connectivity index (χ1v) is 9.63. The van der Waals surface area contributed by atoms with Crippen molar-refractivity contribution in [3.05, 3.63) is 71.0 Å². The van der Waals surface area contributed by atoms with Crippen molar-refractivity contribution in [2.24, 2.45) is 0 Å². The summed E-state index contributed by atoms with van der Waals surface area (Å²) in [5.74, 6) is -8.58. The van der Waals surface area contributed by atoms with E-state index in [2.05, 4.69) is 4.74 Å². The lowest BCUT2D eigenvalue weighted by molar-refractivity contribution is -0.187. The molecule has 31 heavy (non-hydrogen) atoms. The monoisotopic (exact) mass is 460 g/mol. The molecule has 0 aliphatic heterocycles. The fraction of sp³-hybridized carbons (Fsp3) is 0.143. The first-order valence-electron chi connectivity index (χ1n) is 8.82. The van der Waals surface area contributed by atoms with E-state index in [1.54, 1.807) is 6.92 Å². The number of rotatable bonds is 5. The maximum absolute atomic E-state index is 15.0. The second-order valence-electron chi connectivity index (χ2n) is 6.41. The highest BCUT2D eigenvalue weighted by Crippen LogP contribution is 2.43. The Kier molecular flexibility index (Phi) is 5.20. The van der Waals surface area contributed by atoms with Crippen molar-refractivity contribution in [1.82, 2.24) is 0 Å². The van der Waals surface area contributed by atoms with Crippen LogP contribution in [0.5, 0.6) is 11.5 Å². The Hall–Kier alpha value is -3.01. The summed E-state index contributed by atoms with van der Waals surface area (Å²) in [5.41, 5.74) is -1.23. The average Bonchev–Trinajstić information content (AvgIpc) is 3.08. The number of halogens is 7. The highest BCUT2D eigenvalue weighted by Gasteiger charge is 2.39. The van der Waals surface area contributed by atoms with Crippen LogP contribution in [-0.2, 0) is 6.11 Å². The molecule has 1 heterocycles. The predicted molar refractivity (Wildman–Crippen MR) is 101 cm³/mol. The second kappa shape index (κ2) is 7.60. The van der Waals surface area contributed by atoms with E-state index in [0.717, 1.165) is 12.1 Å². The molecule has 0 radical (unpaired) electrons. The molecular weight excluding hydrogens is 449 g/mol. The Morgan fingerprint density at radius 2 is 1.39 bits per heavy atom. The van der Waals surface area contributed by atoms with Crippen LogP contribution in [0.3, 0.4) is 0 Å². The van der Waals surface area contributed by atoms with E-state index in [1.165, 1.54) is 12.1 Å². The fourth-order valence-electron chi connectivity index (χ4n) is 3.11. The van der Waals surface area contributed by atoms with Crippen molar-refractivity contribution in [2.45, 2.75) is 13.0 Å². The first-order chi connectivity index (χ1) is 14.6. The summed E-state index contributed by atoms with van der Waals surface area (Å²) in [7, 11) is 0. The number of benzene rings is 3. The summed E-state index contributed by atoms with van der Waals surface area (Å²) < 4.78 is 108. The molecule has 4 rings (SSSR count). The van der Waals surface area contributed by atoms with Crippen molar-refractivity contribution < 1.29 is 40.2 Å². The van der Waals surface area contributed by atoms with Gasteiger partial charge in [0.2, 0.25) is 0 Å². The summed E-state index contributed by atoms with van der Waals surface area (Å²) in [4.78, 5) is 0. The number of ether oxygens (including phenoxy) is 2. The molecule has 162 valence electrons. The van der Waals surface area contributed by atoms with Crippen molar-refractivity contribution in [2.75, 3.05) is 6.61 Å². The fourth-order valence-corrected chi connectivity index (χ4v) is 4.28. The normalized spacial score (nSPS) is 12.0. The zero-order valence-electron chi connectivity index (χ0n) is 15.5. The third-order valence-corrected chi connectivity index (χ3v) is 5.68. The molecule has 0 saturated carbocycles. The van der Waals surface area contributed by atoms with Crippen LogP contribution in [0.15, 0.2) is 36.4 Å². The first kappa shape index (κ1) is 21.2. The Morgan fingerprint density at radius 3 is 2.00 bits per heavy atom. The van der Waals surface area contributed by atoms with Crippen LogP contribution in [0.2, 0.25) is 0 Å². The molecule has 0 bridgehead atoms. The Bertz CT molecular complexity index is 1290. The lowest BCUT2D eigenvalue weighted by atomic mass is 10.1. The van der Waals surface area contributed by atoms with Gasteiger partial charge in [-0.15, -0.1) is 11.3 Å². The van der Waals surface area contributed by atoms with Crippen LogP contribution in [-0.4, -0.2) is 6.61 Å². The van der Waals surface area contributed by atoms with Gasteiger partial charge in [-0.05, 0) is 25.1 Å². The van der Waals surface area contributed by atoms with Gasteiger partial charge in [-0.3, -0.25) is 0 Å². The van der Waals surface area contributed by atoms with E-state index >= 15 is 0 Å². The number of hydrogen-bond donors (Lipinski definition) is 0. The number of hydrogen-bond acceptors (Lipinski definition) is 3. The van der Waals surface area contributed by atoms with Gasteiger partial charge in [-0.25, -0.2) is 22.0 Å². The van der Waals surface area contributed by atoms with Crippen molar-refractivity contribution in [1.29, 1.82) is 0 Å². The smallest absolute Gasteiger partial charge is 0.429 e. The molecule has 0 atom stereocenters. The van der Waals surface area contributed by atoms with E-state index in [1.807, 2.05) is 0 Å². The molecule has 1 aromatic heterocycles. The molecule has 4 aromatic rings.